The molecular formula is C19H30N6O7. The average Bonchev–Trinajstić information content (AvgIpc) is 3.42. The molecule has 0 amide bonds. The van der Waals surface area contributed by atoms with Crippen LogP contribution in [0.25, 0.3) is 10.4 Å². The van der Waals surface area contributed by atoms with Crippen LogP contribution >= 0.6 is 0 Å². The maximum atomic E-state index is 9.85. The van der Waals surface area contributed by atoms with Gasteiger partial charge in [0.2, 0.25) is 0 Å². The van der Waals surface area contributed by atoms with E-state index in [1.165, 1.54) is 4.68 Å². The lowest BCUT2D eigenvalue weighted by molar-refractivity contribution is -0.223. The van der Waals surface area contributed by atoms with Gasteiger partial charge in [-0.25, -0.2) is 4.68 Å². The van der Waals surface area contributed by atoms with Crippen LogP contribution in [0.1, 0.15) is 39.8 Å². The second kappa shape index (κ2) is 9.20. The fourth-order valence-corrected chi connectivity index (χ4v) is 4.16. The van der Waals surface area contributed by atoms with E-state index in [9.17, 15) is 5.11 Å². The average molecular weight is 454 g/mol. The minimum Gasteiger partial charge on any atom is -0.391 e. The topological polar surface area (TPSA) is 155 Å². The summed E-state index contributed by atoms with van der Waals surface area (Å²) in [4.78, 5) is 2.63. The number of hydrogen-bond acceptors (Lipinski definition) is 10. The number of nitrogens with zero attached hydrogens (tertiary/aromatic N) is 6. The molecule has 3 fully saturated rings. The second-order valence-corrected chi connectivity index (χ2v) is 9.10. The van der Waals surface area contributed by atoms with Gasteiger partial charge >= 0.3 is 0 Å². The van der Waals surface area contributed by atoms with Crippen LogP contribution in [0.5, 0.6) is 0 Å². The zero-order chi connectivity index (χ0) is 22.9. The van der Waals surface area contributed by atoms with Crippen LogP contribution in [0.2, 0.25) is 0 Å². The number of rotatable bonds is 9. The van der Waals surface area contributed by atoms with Gasteiger partial charge < -0.3 is 33.5 Å². The van der Waals surface area contributed by atoms with E-state index in [0.717, 1.165) is 0 Å². The Hall–Kier alpha value is -1.83. The molecule has 1 aromatic rings. The van der Waals surface area contributed by atoms with Crippen LogP contribution in [-0.4, -0.2) is 81.6 Å². The maximum absolute atomic E-state index is 9.85. The maximum Gasteiger partial charge on any atom is 0.190 e. The summed E-state index contributed by atoms with van der Waals surface area (Å²) >= 11 is 0. The Morgan fingerprint density at radius 3 is 2.84 bits per heavy atom. The summed E-state index contributed by atoms with van der Waals surface area (Å²) in [5.74, 6) is -1.38. The molecule has 0 radical (unpaired) electrons. The highest BCUT2D eigenvalue weighted by Crippen LogP contribution is 2.41. The first-order valence-corrected chi connectivity index (χ1v) is 10.7. The molecule has 13 heteroatoms. The van der Waals surface area contributed by atoms with E-state index in [1.807, 2.05) is 27.7 Å². The van der Waals surface area contributed by atoms with E-state index in [2.05, 4.69) is 20.3 Å². The van der Waals surface area contributed by atoms with Gasteiger partial charge in [-0.2, -0.15) is 0 Å². The van der Waals surface area contributed by atoms with Crippen LogP contribution in [-0.2, 0) is 41.6 Å². The quantitative estimate of drug-likeness (QED) is 0.330. The Balaban J connectivity index is 1.37. The zero-order valence-corrected chi connectivity index (χ0v) is 18.7. The van der Waals surface area contributed by atoms with E-state index in [1.54, 1.807) is 6.20 Å². The van der Waals surface area contributed by atoms with Gasteiger partial charge in [0.1, 0.15) is 17.9 Å². The summed E-state index contributed by atoms with van der Waals surface area (Å²) in [6.07, 6.45) is -0.321. The Morgan fingerprint density at radius 2 is 2.12 bits per heavy atom. The molecule has 3 aliphatic rings. The largest absolute Gasteiger partial charge is 0.391 e. The number of aliphatic hydroxyl groups is 1. The van der Waals surface area contributed by atoms with E-state index in [-0.39, 0.29) is 38.0 Å². The third-order valence-corrected chi connectivity index (χ3v) is 5.41. The molecule has 6 atom stereocenters. The molecule has 1 N–H and O–H groups in total. The number of aromatic nitrogens is 3. The summed E-state index contributed by atoms with van der Waals surface area (Å²) < 4.78 is 37.3. The Labute approximate surface area is 185 Å². The van der Waals surface area contributed by atoms with Crippen LogP contribution in [0.15, 0.2) is 11.3 Å². The number of fused-ring (bicyclic) bond motifs is 1. The van der Waals surface area contributed by atoms with Gasteiger partial charge in [-0.15, -0.1) is 5.10 Å². The van der Waals surface area contributed by atoms with Crippen molar-refractivity contribution in [1.29, 1.82) is 0 Å². The van der Waals surface area contributed by atoms with Crippen LogP contribution < -0.4 is 0 Å². The monoisotopic (exact) mass is 454 g/mol. The van der Waals surface area contributed by atoms with Crippen molar-refractivity contribution in [2.45, 2.75) is 95.7 Å². The molecule has 0 bridgehead atoms. The van der Waals surface area contributed by atoms with E-state index in [0.29, 0.717) is 18.7 Å². The highest BCUT2D eigenvalue weighted by atomic mass is 16.8. The molecule has 4 rings (SSSR count). The molecule has 13 nitrogen and oxygen atoms in total. The highest BCUT2D eigenvalue weighted by molar-refractivity contribution is 4.97. The molecule has 0 spiro atoms. The molecule has 3 aliphatic heterocycles. The first kappa shape index (κ1) is 23.3. The zero-order valence-electron chi connectivity index (χ0n) is 18.7. The molecule has 0 aromatic carbocycles. The van der Waals surface area contributed by atoms with E-state index >= 15 is 0 Å². The standard InChI is InChI=1S/C19H30N6O7/c1-18(2)28-10-13(30-18)5-14-15(16-17(29-14)32-19(3,4)31-16)27-9-11-7-25(24-22-11)8-12(26)6-21-23-20/h7,12-17,26H,5-6,8-10H2,1-4H3/t12?,13?,14-,15+,16-,17-/m1/s1. The predicted molar refractivity (Wildman–Crippen MR) is 107 cm³/mol. The number of ether oxygens (including phenoxy) is 6. The summed E-state index contributed by atoms with van der Waals surface area (Å²) in [5, 5.41) is 21.3. The van der Waals surface area contributed by atoms with Crippen molar-refractivity contribution < 1.29 is 33.5 Å². The Morgan fingerprint density at radius 1 is 1.31 bits per heavy atom. The summed E-state index contributed by atoms with van der Waals surface area (Å²) in [6, 6.07) is 0. The fourth-order valence-electron chi connectivity index (χ4n) is 4.16. The fraction of sp³-hybridized carbons (Fsp3) is 0.895. The van der Waals surface area contributed by atoms with Gasteiger partial charge in [-0.05, 0) is 33.2 Å². The number of azide groups is 1. The summed E-state index contributed by atoms with van der Waals surface area (Å²) in [6.45, 7) is 8.22. The van der Waals surface area contributed by atoms with Gasteiger partial charge in [0.05, 0.1) is 50.8 Å². The predicted octanol–water partition coefficient (Wildman–Crippen LogP) is 1.25. The van der Waals surface area contributed by atoms with Crippen LogP contribution in [0.4, 0.5) is 0 Å². The third kappa shape index (κ3) is 5.56. The highest BCUT2D eigenvalue weighted by Gasteiger charge is 2.56. The van der Waals surface area contributed by atoms with Gasteiger partial charge in [-0.1, -0.05) is 10.3 Å². The number of hydrogen-bond donors (Lipinski definition) is 1. The Kier molecular flexibility index (Phi) is 6.71. The molecule has 3 saturated heterocycles. The van der Waals surface area contributed by atoms with Crippen molar-refractivity contribution in [3.8, 4) is 0 Å². The van der Waals surface area contributed by atoms with E-state index in [4.69, 9.17) is 34.0 Å². The van der Waals surface area contributed by atoms with Crippen molar-refractivity contribution in [2.24, 2.45) is 5.11 Å². The molecule has 2 unspecified atom stereocenters. The van der Waals surface area contributed by atoms with Crippen molar-refractivity contribution >= 4 is 0 Å². The van der Waals surface area contributed by atoms with Crippen molar-refractivity contribution in [1.82, 2.24) is 15.0 Å². The molecular weight excluding hydrogens is 424 g/mol. The minimum absolute atomic E-state index is 0.0385. The van der Waals surface area contributed by atoms with Crippen LogP contribution in [0.3, 0.4) is 0 Å². The molecule has 32 heavy (non-hydrogen) atoms. The first-order chi connectivity index (χ1) is 15.1. The molecule has 178 valence electrons. The van der Waals surface area contributed by atoms with E-state index < -0.39 is 30.1 Å². The van der Waals surface area contributed by atoms with Crippen molar-refractivity contribution in [3.63, 3.8) is 0 Å². The normalized spacial score (nSPS) is 33.7. The lowest BCUT2D eigenvalue weighted by atomic mass is 10.0. The number of aliphatic hydroxyl groups excluding tert-OH is 1. The summed E-state index contributed by atoms with van der Waals surface area (Å²) in [5.41, 5.74) is 8.93. The minimum atomic E-state index is -0.848. The van der Waals surface area contributed by atoms with Gasteiger partial charge in [-0.3, -0.25) is 0 Å². The molecule has 1 aromatic heterocycles. The van der Waals surface area contributed by atoms with Gasteiger partial charge in [0, 0.05) is 11.3 Å². The SMILES string of the molecule is CC1(C)OCC(C[C@H]2O[C@@H]3OC(C)(C)O[C@@H]3[C@H]2OCc2cn(CC(O)CN=[N+]=[N-])nn2)O1. The van der Waals surface area contributed by atoms with Crippen LogP contribution in [0, 0.1) is 0 Å². The lowest BCUT2D eigenvalue weighted by Gasteiger charge is -2.27. The first-order valence-electron chi connectivity index (χ1n) is 10.7. The molecule has 0 aliphatic carbocycles. The molecule has 4 heterocycles. The molecule has 0 saturated carbocycles. The third-order valence-electron chi connectivity index (χ3n) is 5.41. The Bertz CT molecular complexity index is 842. The van der Waals surface area contributed by atoms with Gasteiger partial charge in [0.15, 0.2) is 17.9 Å². The van der Waals surface area contributed by atoms with Gasteiger partial charge in [0.25, 0.3) is 0 Å². The lowest BCUT2D eigenvalue weighted by Crippen LogP contribution is -2.38. The van der Waals surface area contributed by atoms with Crippen molar-refractivity contribution in [2.75, 3.05) is 13.2 Å². The smallest absolute Gasteiger partial charge is 0.190 e. The van der Waals surface area contributed by atoms with Crippen molar-refractivity contribution in [3.05, 3.63) is 22.3 Å². The second-order valence-electron chi connectivity index (χ2n) is 9.10. The summed E-state index contributed by atoms with van der Waals surface area (Å²) in [7, 11) is 0.